The van der Waals surface area contributed by atoms with E-state index >= 15 is 0 Å². The van der Waals surface area contributed by atoms with Crippen molar-refractivity contribution in [1.82, 2.24) is 25.1 Å². The van der Waals surface area contributed by atoms with Gasteiger partial charge in [0.05, 0.1) is 18.8 Å². The Balaban J connectivity index is 1.46. The van der Waals surface area contributed by atoms with E-state index in [-0.39, 0.29) is 18.0 Å². The van der Waals surface area contributed by atoms with Gasteiger partial charge in [0.1, 0.15) is 5.82 Å². The highest BCUT2D eigenvalue weighted by Gasteiger charge is 2.28. The van der Waals surface area contributed by atoms with Crippen LogP contribution in [-0.2, 0) is 11.2 Å². The van der Waals surface area contributed by atoms with Crippen LogP contribution in [0, 0.1) is 0 Å². The first-order chi connectivity index (χ1) is 12.2. The summed E-state index contributed by atoms with van der Waals surface area (Å²) in [5.74, 6) is 0.576. The lowest BCUT2D eigenvalue weighted by atomic mass is 10.0. The van der Waals surface area contributed by atoms with Crippen molar-refractivity contribution in [2.24, 2.45) is 0 Å². The third-order valence-corrected chi connectivity index (χ3v) is 4.67. The minimum atomic E-state index is -0.152. The maximum Gasteiger partial charge on any atom is 0.320 e. The van der Waals surface area contributed by atoms with E-state index in [1.54, 1.807) is 12.4 Å². The molecule has 0 aliphatic carbocycles. The second-order valence-electron chi connectivity index (χ2n) is 6.36. The van der Waals surface area contributed by atoms with Gasteiger partial charge in [0.25, 0.3) is 5.91 Å². The fraction of sp³-hybridized carbons (Fsp3) is 0.647. The minimum absolute atomic E-state index is 0.0760. The van der Waals surface area contributed by atoms with Gasteiger partial charge in [-0.3, -0.25) is 4.79 Å². The van der Waals surface area contributed by atoms with Crippen LogP contribution >= 0.6 is 0 Å². The van der Waals surface area contributed by atoms with E-state index in [4.69, 9.17) is 4.74 Å². The van der Waals surface area contributed by atoms with Crippen molar-refractivity contribution in [3.63, 3.8) is 0 Å². The zero-order chi connectivity index (χ0) is 17.6. The van der Waals surface area contributed by atoms with E-state index in [2.05, 4.69) is 15.3 Å². The van der Waals surface area contributed by atoms with Crippen molar-refractivity contribution < 1.29 is 14.3 Å². The molecule has 1 aromatic heterocycles. The van der Waals surface area contributed by atoms with Crippen molar-refractivity contribution in [2.75, 3.05) is 39.4 Å². The average Bonchev–Trinajstić information content (AvgIpc) is 2.68. The molecule has 8 heteroatoms. The number of carbonyl (C=O) groups is 2. The van der Waals surface area contributed by atoms with E-state index in [0.717, 1.165) is 25.1 Å². The van der Waals surface area contributed by atoms with Gasteiger partial charge in [0, 0.05) is 51.0 Å². The van der Waals surface area contributed by atoms with Crippen LogP contribution in [0.15, 0.2) is 12.4 Å². The van der Waals surface area contributed by atoms with Gasteiger partial charge in [-0.2, -0.15) is 0 Å². The highest BCUT2D eigenvalue weighted by atomic mass is 16.5. The molecule has 25 heavy (non-hydrogen) atoms. The van der Waals surface area contributed by atoms with Gasteiger partial charge in [-0.15, -0.1) is 0 Å². The van der Waals surface area contributed by atoms with Crippen LogP contribution in [0.3, 0.4) is 0 Å². The summed E-state index contributed by atoms with van der Waals surface area (Å²) in [6.07, 6.45) is 5.40. The molecule has 0 aromatic carbocycles. The first kappa shape index (κ1) is 17.6. The van der Waals surface area contributed by atoms with Gasteiger partial charge in [0.15, 0.2) is 0 Å². The van der Waals surface area contributed by atoms with Crippen LogP contribution in [0.5, 0.6) is 0 Å². The number of morpholine rings is 1. The number of carbonyl (C=O) groups excluding carboxylic acids is 2. The van der Waals surface area contributed by atoms with Crippen LogP contribution in [-0.4, -0.2) is 77.1 Å². The first-order valence-corrected chi connectivity index (χ1v) is 8.90. The second-order valence-corrected chi connectivity index (χ2v) is 6.36. The molecule has 3 rings (SSSR count). The second kappa shape index (κ2) is 8.24. The lowest BCUT2D eigenvalue weighted by Crippen LogP contribution is -2.52. The number of urea groups is 1. The van der Waals surface area contributed by atoms with Gasteiger partial charge in [-0.05, 0) is 12.8 Å². The molecule has 1 aromatic rings. The summed E-state index contributed by atoms with van der Waals surface area (Å²) in [5, 5.41) is 3.02. The number of piperidine rings is 1. The van der Waals surface area contributed by atoms with Crippen molar-refractivity contribution in [1.29, 1.82) is 0 Å². The fourth-order valence-electron chi connectivity index (χ4n) is 3.09. The number of likely N-dealkylation sites (tertiary alicyclic amines) is 1. The summed E-state index contributed by atoms with van der Waals surface area (Å²) in [5.41, 5.74) is 0.476. The summed E-state index contributed by atoms with van der Waals surface area (Å²) in [6.45, 7) is 5.82. The van der Waals surface area contributed by atoms with Crippen LogP contribution in [0.2, 0.25) is 0 Å². The Hall–Kier alpha value is -2.22. The molecule has 0 atom stereocenters. The fourth-order valence-corrected chi connectivity index (χ4v) is 3.09. The van der Waals surface area contributed by atoms with Crippen LogP contribution in [0.1, 0.15) is 35.9 Å². The summed E-state index contributed by atoms with van der Waals surface area (Å²) in [4.78, 5) is 36.8. The first-order valence-electron chi connectivity index (χ1n) is 8.90. The van der Waals surface area contributed by atoms with Crippen LogP contribution in [0.25, 0.3) is 0 Å². The molecular formula is C17H25N5O3. The van der Waals surface area contributed by atoms with Gasteiger partial charge in [0.2, 0.25) is 0 Å². The Morgan fingerprint density at radius 1 is 1.12 bits per heavy atom. The van der Waals surface area contributed by atoms with Gasteiger partial charge in [-0.1, -0.05) is 6.92 Å². The molecule has 0 spiro atoms. The molecule has 8 nitrogen and oxygen atoms in total. The molecule has 0 saturated carbocycles. The third-order valence-electron chi connectivity index (χ3n) is 4.67. The normalized spacial score (nSPS) is 18.9. The average molecular weight is 347 g/mol. The number of aromatic nitrogens is 2. The van der Waals surface area contributed by atoms with Crippen LogP contribution < -0.4 is 5.32 Å². The van der Waals surface area contributed by atoms with E-state index in [9.17, 15) is 9.59 Å². The number of nitrogens with zero attached hydrogens (tertiary/aromatic N) is 4. The molecule has 0 unspecified atom stereocenters. The molecule has 136 valence electrons. The van der Waals surface area contributed by atoms with E-state index in [0.29, 0.717) is 45.0 Å². The molecule has 1 N–H and O–H groups in total. The molecular weight excluding hydrogens is 322 g/mol. The van der Waals surface area contributed by atoms with Crippen molar-refractivity contribution in [3.8, 4) is 0 Å². The van der Waals surface area contributed by atoms with Gasteiger partial charge >= 0.3 is 6.03 Å². The number of hydrogen-bond acceptors (Lipinski definition) is 5. The largest absolute Gasteiger partial charge is 0.378 e. The predicted octanol–water partition coefficient (Wildman–Crippen LogP) is 0.685. The molecule has 2 saturated heterocycles. The summed E-state index contributed by atoms with van der Waals surface area (Å²) in [6, 6.07) is 0.156. The zero-order valence-corrected chi connectivity index (χ0v) is 14.6. The number of aryl methyl sites for hydroxylation is 1. The quantitative estimate of drug-likeness (QED) is 0.869. The van der Waals surface area contributed by atoms with E-state index < -0.39 is 0 Å². The Bertz CT molecular complexity index is 593. The maximum absolute atomic E-state index is 12.5. The number of rotatable bonds is 3. The topological polar surface area (TPSA) is 87.7 Å². The Kier molecular flexibility index (Phi) is 5.80. The number of ether oxygens (including phenoxy) is 1. The number of nitrogens with one attached hydrogen (secondary N) is 1. The Morgan fingerprint density at radius 2 is 1.72 bits per heavy atom. The van der Waals surface area contributed by atoms with Crippen LogP contribution in [0.4, 0.5) is 4.79 Å². The van der Waals surface area contributed by atoms with Crippen molar-refractivity contribution in [3.05, 3.63) is 23.8 Å². The zero-order valence-electron chi connectivity index (χ0n) is 14.6. The SMILES string of the molecule is CCc1ncc(C(=O)NC2CCN(C(=O)N3CCOCC3)CC2)cn1. The van der Waals surface area contributed by atoms with E-state index in [1.165, 1.54) is 0 Å². The van der Waals surface area contributed by atoms with Gasteiger partial charge < -0.3 is 19.9 Å². The molecule has 2 aliphatic rings. The number of amides is 3. The van der Waals surface area contributed by atoms with Crippen molar-refractivity contribution in [2.45, 2.75) is 32.2 Å². The number of hydrogen-bond donors (Lipinski definition) is 1. The lowest BCUT2D eigenvalue weighted by molar-refractivity contribution is 0.0407. The molecule has 2 fully saturated rings. The molecule has 0 radical (unpaired) electrons. The maximum atomic E-state index is 12.5. The third kappa shape index (κ3) is 4.45. The summed E-state index contributed by atoms with van der Waals surface area (Å²) in [7, 11) is 0. The predicted molar refractivity (Wildman–Crippen MR) is 91.3 cm³/mol. The van der Waals surface area contributed by atoms with Gasteiger partial charge in [-0.25, -0.2) is 14.8 Å². The Labute approximate surface area is 147 Å². The highest BCUT2D eigenvalue weighted by Crippen LogP contribution is 2.14. The van der Waals surface area contributed by atoms with Crippen molar-refractivity contribution >= 4 is 11.9 Å². The molecule has 0 bridgehead atoms. The minimum Gasteiger partial charge on any atom is -0.378 e. The molecule has 2 aliphatic heterocycles. The standard InChI is InChI=1S/C17H25N5O3/c1-2-15-18-11-13(12-19-15)16(23)20-14-3-5-21(6-4-14)17(24)22-7-9-25-10-8-22/h11-12,14H,2-10H2,1H3,(H,20,23). The molecule has 3 heterocycles. The highest BCUT2D eigenvalue weighted by molar-refractivity contribution is 5.93. The Morgan fingerprint density at radius 3 is 2.32 bits per heavy atom. The van der Waals surface area contributed by atoms with E-state index in [1.807, 2.05) is 16.7 Å². The molecule has 3 amide bonds. The smallest absolute Gasteiger partial charge is 0.320 e. The summed E-state index contributed by atoms with van der Waals surface area (Å²) >= 11 is 0. The summed E-state index contributed by atoms with van der Waals surface area (Å²) < 4.78 is 5.28. The lowest BCUT2D eigenvalue weighted by Gasteiger charge is -2.37. The monoisotopic (exact) mass is 347 g/mol.